The molecule has 0 atom stereocenters. The van der Waals surface area contributed by atoms with Gasteiger partial charge in [0.1, 0.15) is 6.10 Å². The minimum atomic E-state index is -0.0347. The Labute approximate surface area is 64.8 Å². The number of hydrogen-bond donors (Lipinski definition) is 0. The predicted molar refractivity (Wildman–Crippen MR) is 38.5 cm³/mol. The van der Waals surface area contributed by atoms with E-state index in [2.05, 4.69) is 36.6 Å². The molecule has 4 heteroatoms. The molecule has 0 heterocycles. The Hall–Kier alpha value is 0.430. The summed E-state index contributed by atoms with van der Waals surface area (Å²) in [4.78, 5) is 9.67. The van der Waals surface area contributed by atoms with E-state index < -0.39 is 0 Å². The summed E-state index contributed by atoms with van der Waals surface area (Å²) in [6, 6.07) is 0. The summed E-state index contributed by atoms with van der Waals surface area (Å²) in [5.41, 5.74) is 0. The first-order valence-corrected chi connectivity index (χ1v) is 4.30. The molecule has 0 radical (unpaired) electrons. The second kappa shape index (κ2) is 5.56. The van der Waals surface area contributed by atoms with E-state index in [0.29, 0.717) is 17.1 Å². The van der Waals surface area contributed by atoms with Crippen molar-refractivity contribution in [1.29, 1.82) is 0 Å². The molecule has 0 N–H and O–H groups in total. The van der Waals surface area contributed by atoms with E-state index in [4.69, 9.17) is 0 Å². The first kappa shape index (κ1) is 8.43. The van der Waals surface area contributed by atoms with E-state index in [0.717, 1.165) is 0 Å². The quantitative estimate of drug-likeness (QED) is 0.552. The highest BCUT2D eigenvalue weighted by Crippen LogP contribution is 1.98. The highest BCUT2D eigenvalue weighted by molar-refractivity contribution is 9.09. The van der Waals surface area contributed by atoms with Crippen molar-refractivity contribution in [2.45, 2.75) is 6.10 Å². The van der Waals surface area contributed by atoms with Crippen LogP contribution in [-0.4, -0.2) is 23.2 Å². The fraction of sp³-hybridized carbons (Fsp3) is 0.750. The van der Waals surface area contributed by atoms with Crippen LogP contribution >= 0.6 is 31.9 Å². The molecule has 0 aromatic carbocycles. The van der Waals surface area contributed by atoms with Crippen molar-refractivity contribution in [3.63, 3.8) is 0 Å². The van der Waals surface area contributed by atoms with Gasteiger partial charge in [-0.05, 0) is 0 Å². The maximum atomic E-state index is 9.67. The number of carbonyl (C=O) groups is 1. The van der Waals surface area contributed by atoms with Gasteiger partial charge in [0, 0.05) is 10.7 Å². The van der Waals surface area contributed by atoms with Gasteiger partial charge in [-0.1, -0.05) is 31.9 Å². The zero-order valence-electron chi connectivity index (χ0n) is 4.14. The summed E-state index contributed by atoms with van der Waals surface area (Å²) in [6.45, 7) is 0.452. The lowest BCUT2D eigenvalue weighted by molar-refractivity contribution is -0.131. The van der Waals surface area contributed by atoms with Gasteiger partial charge in [0.15, 0.2) is 0 Å². The first-order chi connectivity index (χ1) is 3.85. The molecule has 0 bridgehead atoms. The summed E-state index contributed by atoms with van der Waals surface area (Å²) in [5, 5.41) is 1.36. The molecule has 0 saturated carbocycles. The third-order valence-corrected chi connectivity index (χ3v) is 2.04. The molecule has 2 nitrogen and oxygen atoms in total. The molecule has 0 amide bonds. The number of hydrogen-bond acceptors (Lipinski definition) is 2. The van der Waals surface area contributed by atoms with Gasteiger partial charge in [0.05, 0.1) is 0 Å². The average Bonchev–Trinajstić information content (AvgIpc) is 1.83. The van der Waals surface area contributed by atoms with Crippen molar-refractivity contribution < 1.29 is 9.53 Å². The van der Waals surface area contributed by atoms with Gasteiger partial charge in [0.2, 0.25) is 0 Å². The lowest BCUT2D eigenvalue weighted by Crippen LogP contribution is -2.14. The second-order valence-corrected chi connectivity index (χ2v) is 2.46. The van der Waals surface area contributed by atoms with Crippen LogP contribution in [0, 0.1) is 0 Å². The molecule has 0 aliphatic heterocycles. The lowest BCUT2D eigenvalue weighted by Gasteiger charge is -2.05. The van der Waals surface area contributed by atoms with Crippen LogP contribution in [-0.2, 0) is 9.53 Å². The fourth-order valence-corrected chi connectivity index (χ4v) is 1.57. The second-order valence-electron chi connectivity index (χ2n) is 1.16. The Bertz CT molecular complexity index is 63.1. The molecule has 48 valence electrons. The Morgan fingerprint density at radius 2 is 2.00 bits per heavy atom. The van der Waals surface area contributed by atoms with Gasteiger partial charge in [-0.25, -0.2) is 0 Å². The summed E-state index contributed by atoms with van der Waals surface area (Å²) < 4.78 is 4.57. The van der Waals surface area contributed by atoms with E-state index in [1.54, 1.807) is 0 Å². The van der Waals surface area contributed by atoms with Gasteiger partial charge >= 0.3 is 0 Å². The molecule has 0 spiro atoms. The topological polar surface area (TPSA) is 26.3 Å². The van der Waals surface area contributed by atoms with Crippen LogP contribution in [0.25, 0.3) is 0 Å². The predicted octanol–water partition coefficient (Wildman–Crippen LogP) is 1.32. The summed E-state index contributed by atoms with van der Waals surface area (Å²) >= 11 is 6.33. The van der Waals surface area contributed by atoms with Gasteiger partial charge in [0.25, 0.3) is 6.47 Å². The van der Waals surface area contributed by atoms with Crippen LogP contribution < -0.4 is 0 Å². The van der Waals surface area contributed by atoms with Crippen LogP contribution in [0.5, 0.6) is 0 Å². The van der Waals surface area contributed by atoms with Crippen molar-refractivity contribution in [3.8, 4) is 0 Å². The van der Waals surface area contributed by atoms with Crippen molar-refractivity contribution in [1.82, 2.24) is 0 Å². The van der Waals surface area contributed by atoms with E-state index >= 15 is 0 Å². The van der Waals surface area contributed by atoms with E-state index in [1.165, 1.54) is 0 Å². The van der Waals surface area contributed by atoms with Crippen molar-refractivity contribution in [2.75, 3.05) is 10.7 Å². The maximum absolute atomic E-state index is 9.67. The largest absolute Gasteiger partial charge is 0.463 e. The molecular formula is C4H6Br2O2. The third-order valence-electron chi connectivity index (χ3n) is 0.592. The number of halogens is 2. The zero-order valence-corrected chi connectivity index (χ0v) is 7.31. The van der Waals surface area contributed by atoms with Gasteiger partial charge in [-0.2, -0.15) is 0 Å². The van der Waals surface area contributed by atoms with Crippen LogP contribution in [0.1, 0.15) is 0 Å². The molecule has 0 fully saturated rings. The SMILES string of the molecule is O=COC(CBr)CBr. The average molecular weight is 246 g/mol. The molecule has 0 aromatic heterocycles. The molecular weight excluding hydrogens is 240 g/mol. The first-order valence-electron chi connectivity index (χ1n) is 2.06. The number of alkyl halides is 2. The number of carbonyl (C=O) groups excluding carboxylic acids is 1. The fourth-order valence-electron chi connectivity index (χ4n) is 0.193. The molecule has 0 unspecified atom stereocenters. The summed E-state index contributed by atoms with van der Waals surface area (Å²) in [5.74, 6) is 0. The molecule has 0 aliphatic rings. The molecule has 0 aliphatic carbocycles. The molecule has 0 rings (SSSR count). The van der Waals surface area contributed by atoms with Crippen molar-refractivity contribution in [2.24, 2.45) is 0 Å². The number of rotatable bonds is 4. The number of ether oxygens (including phenoxy) is 1. The van der Waals surface area contributed by atoms with Crippen molar-refractivity contribution in [3.05, 3.63) is 0 Å². The van der Waals surface area contributed by atoms with Gasteiger partial charge < -0.3 is 4.74 Å². The van der Waals surface area contributed by atoms with Gasteiger partial charge in [-0.3, -0.25) is 4.79 Å². The Kier molecular flexibility index (Phi) is 5.86. The Morgan fingerprint density at radius 1 is 1.50 bits per heavy atom. The Balaban J connectivity index is 3.20. The maximum Gasteiger partial charge on any atom is 0.293 e. The third kappa shape index (κ3) is 3.43. The smallest absolute Gasteiger partial charge is 0.293 e. The molecule has 0 aromatic rings. The summed E-state index contributed by atoms with van der Waals surface area (Å²) in [7, 11) is 0. The highest BCUT2D eigenvalue weighted by atomic mass is 79.9. The van der Waals surface area contributed by atoms with Crippen LogP contribution in [0.15, 0.2) is 0 Å². The van der Waals surface area contributed by atoms with Crippen LogP contribution in [0.2, 0.25) is 0 Å². The van der Waals surface area contributed by atoms with Crippen molar-refractivity contribution >= 4 is 38.3 Å². The highest BCUT2D eigenvalue weighted by Gasteiger charge is 2.02. The van der Waals surface area contributed by atoms with E-state index in [9.17, 15) is 4.79 Å². The minimum absolute atomic E-state index is 0.0347. The standard InChI is InChI=1S/C4H6Br2O2/c5-1-4(2-6)8-3-7/h3-4H,1-2H2. The van der Waals surface area contributed by atoms with Crippen LogP contribution in [0.3, 0.4) is 0 Å². The summed E-state index contributed by atoms with van der Waals surface area (Å²) in [6.07, 6.45) is -0.0347. The van der Waals surface area contributed by atoms with E-state index in [1.807, 2.05) is 0 Å². The molecule has 8 heavy (non-hydrogen) atoms. The van der Waals surface area contributed by atoms with Gasteiger partial charge in [-0.15, -0.1) is 0 Å². The van der Waals surface area contributed by atoms with E-state index in [-0.39, 0.29) is 6.10 Å². The minimum Gasteiger partial charge on any atom is -0.463 e. The normalized spacial score (nSPS) is 9.38. The monoisotopic (exact) mass is 244 g/mol. The molecule has 0 saturated heterocycles. The Morgan fingerprint density at radius 3 is 2.12 bits per heavy atom. The zero-order chi connectivity index (χ0) is 6.41. The van der Waals surface area contributed by atoms with Crippen LogP contribution in [0.4, 0.5) is 0 Å². The lowest BCUT2D eigenvalue weighted by atomic mass is 10.5.